The summed E-state index contributed by atoms with van der Waals surface area (Å²) in [6, 6.07) is 8.41. The van der Waals surface area contributed by atoms with Crippen LogP contribution >= 0.6 is 0 Å². The molecular weight excluding hydrogens is 314 g/mol. The Morgan fingerprint density at radius 1 is 1.28 bits per heavy atom. The molecule has 0 spiro atoms. The Morgan fingerprint density at radius 2 is 1.88 bits per heavy atom. The van der Waals surface area contributed by atoms with Crippen molar-refractivity contribution >= 4 is 6.03 Å². The van der Waals surface area contributed by atoms with E-state index in [-0.39, 0.29) is 12.1 Å². The fourth-order valence-electron chi connectivity index (χ4n) is 3.04. The summed E-state index contributed by atoms with van der Waals surface area (Å²) in [6.07, 6.45) is 2.80. The number of benzene rings is 1. The van der Waals surface area contributed by atoms with Gasteiger partial charge in [-0.3, -0.25) is 4.90 Å². The smallest absolute Gasteiger partial charge is 0.317 e. The highest BCUT2D eigenvalue weighted by molar-refractivity contribution is 5.73. The molecule has 1 aromatic rings. The molecule has 5 heteroatoms. The average Bonchev–Trinajstić information content (AvgIpc) is 2.60. The zero-order valence-electron chi connectivity index (χ0n) is 15.9. The van der Waals surface area contributed by atoms with Crippen LogP contribution in [0.2, 0.25) is 0 Å². The lowest BCUT2D eigenvalue weighted by atomic mass is 9.99. The third-order valence-electron chi connectivity index (χ3n) is 4.98. The van der Waals surface area contributed by atoms with E-state index in [1.54, 1.807) is 18.9 Å². The summed E-state index contributed by atoms with van der Waals surface area (Å²) in [4.78, 5) is 16.1. The molecular formula is C20H33N3O2. The number of nitrogens with one attached hydrogen (secondary N) is 1. The van der Waals surface area contributed by atoms with Crippen molar-refractivity contribution in [3.8, 4) is 0 Å². The summed E-state index contributed by atoms with van der Waals surface area (Å²) in [5.41, 5.74) is 2.44. The van der Waals surface area contributed by atoms with Crippen LogP contribution in [0.1, 0.15) is 44.2 Å². The van der Waals surface area contributed by atoms with Gasteiger partial charge in [-0.2, -0.15) is 0 Å². The zero-order valence-corrected chi connectivity index (χ0v) is 15.9. The quantitative estimate of drug-likeness (QED) is 0.797. The minimum atomic E-state index is -0.383. The largest absolute Gasteiger partial charge is 0.393 e. The van der Waals surface area contributed by atoms with E-state index in [0.717, 1.165) is 18.0 Å². The molecule has 1 atom stereocenters. The minimum absolute atomic E-state index is 0.104. The molecule has 0 bridgehead atoms. The molecule has 2 N–H and O–H groups in total. The van der Waals surface area contributed by atoms with Gasteiger partial charge in [0.15, 0.2) is 0 Å². The second-order valence-corrected chi connectivity index (χ2v) is 7.49. The normalized spacial score (nSPS) is 17.3. The van der Waals surface area contributed by atoms with Crippen molar-refractivity contribution in [1.82, 2.24) is 15.1 Å². The monoisotopic (exact) mass is 347 g/mol. The summed E-state index contributed by atoms with van der Waals surface area (Å²) in [5.74, 6) is 0.862. The predicted octanol–water partition coefficient (Wildman–Crippen LogP) is 2.83. The second-order valence-electron chi connectivity index (χ2n) is 7.49. The molecule has 140 valence electrons. The molecule has 5 nitrogen and oxygen atoms in total. The van der Waals surface area contributed by atoms with Crippen molar-refractivity contribution in [3.63, 3.8) is 0 Å². The third kappa shape index (κ3) is 7.04. The number of likely N-dealkylation sites (tertiary alicyclic amines) is 1. The lowest BCUT2D eigenvalue weighted by molar-refractivity contribution is 0.163. The Bertz CT molecular complexity index is 522. The fraction of sp³-hybridized carbons (Fsp3) is 0.650. The van der Waals surface area contributed by atoms with E-state index in [2.05, 4.69) is 41.4 Å². The summed E-state index contributed by atoms with van der Waals surface area (Å²) in [6.45, 7) is 8.55. The highest BCUT2D eigenvalue weighted by Gasteiger charge is 2.15. The molecule has 0 radical (unpaired) electrons. The molecule has 1 aromatic carbocycles. The topological polar surface area (TPSA) is 55.8 Å². The molecule has 25 heavy (non-hydrogen) atoms. The van der Waals surface area contributed by atoms with E-state index >= 15 is 0 Å². The number of urea groups is 1. The highest BCUT2D eigenvalue weighted by atomic mass is 16.3. The molecule has 1 aliphatic heterocycles. The van der Waals surface area contributed by atoms with Crippen LogP contribution in [0, 0.1) is 5.92 Å². The van der Waals surface area contributed by atoms with Crippen molar-refractivity contribution in [2.75, 3.05) is 26.7 Å². The summed E-state index contributed by atoms with van der Waals surface area (Å²) < 4.78 is 0. The standard InChI is InChI=1S/C20H33N3O2/c1-16-8-12-23(13-9-16)15-19-6-4-18(5-7-19)14-21-20(25)22(3)11-10-17(2)24/h4-7,16-17,24H,8-15H2,1-3H3,(H,21,25). The number of carbonyl (C=O) groups excluding carboxylic acids is 1. The molecule has 1 aliphatic rings. The lowest BCUT2D eigenvalue weighted by Crippen LogP contribution is -2.38. The van der Waals surface area contributed by atoms with Gasteiger partial charge >= 0.3 is 6.03 Å². The number of aliphatic hydroxyl groups excluding tert-OH is 1. The molecule has 0 aromatic heterocycles. The lowest BCUT2D eigenvalue weighted by Gasteiger charge is -2.30. The van der Waals surface area contributed by atoms with E-state index in [1.165, 1.54) is 31.5 Å². The van der Waals surface area contributed by atoms with Crippen LogP contribution in [0.3, 0.4) is 0 Å². The van der Waals surface area contributed by atoms with Crippen LogP contribution in [-0.2, 0) is 13.1 Å². The second kappa shape index (κ2) is 9.78. The van der Waals surface area contributed by atoms with Crippen molar-refractivity contribution in [2.45, 2.75) is 52.3 Å². The minimum Gasteiger partial charge on any atom is -0.393 e. The van der Waals surface area contributed by atoms with Crippen LogP contribution in [0.25, 0.3) is 0 Å². The van der Waals surface area contributed by atoms with Crippen LogP contribution in [0.5, 0.6) is 0 Å². The summed E-state index contributed by atoms with van der Waals surface area (Å²) in [7, 11) is 1.75. The molecule has 1 heterocycles. The molecule has 2 amide bonds. The van der Waals surface area contributed by atoms with Crippen LogP contribution < -0.4 is 5.32 Å². The SMILES string of the molecule is CC(O)CCN(C)C(=O)NCc1ccc(CN2CCC(C)CC2)cc1. The Morgan fingerprint density at radius 3 is 2.48 bits per heavy atom. The number of rotatable bonds is 7. The zero-order chi connectivity index (χ0) is 18.2. The Kier molecular flexibility index (Phi) is 7.72. The maximum absolute atomic E-state index is 12.0. The Labute approximate surface area is 152 Å². The van der Waals surface area contributed by atoms with Gasteiger partial charge in [-0.05, 0) is 56.3 Å². The number of aliphatic hydroxyl groups is 1. The van der Waals surface area contributed by atoms with Gasteiger partial charge in [0.1, 0.15) is 0 Å². The first-order valence-electron chi connectivity index (χ1n) is 9.41. The number of piperidine rings is 1. The first-order chi connectivity index (χ1) is 11.9. The van der Waals surface area contributed by atoms with E-state index in [0.29, 0.717) is 19.5 Å². The van der Waals surface area contributed by atoms with Crippen LogP contribution in [0.4, 0.5) is 4.79 Å². The Hall–Kier alpha value is -1.59. The van der Waals surface area contributed by atoms with Crippen molar-refractivity contribution in [3.05, 3.63) is 35.4 Å². The predicted molar refractivity (Wildman–Crippen MR) is 101 cm³/mol. The molecule has 0 saturated carbocycles. The highest BCUT2D eigenvalue weighted by Crippen LogP contribution is 2.18. The molecule has 1 saturated heterocycles. The number of hydrogen-bond acceptors (Lipinski definition) is 3. The van der Waals surface area contributed by atoms with Crippen LogP contribution in [0.15, 0.2) is 24.3 Å². The van der Waals surface area contributed by atoms with E-state index in [4.69, 9.17) is 0 Å². The molecule has 1 unspecified atom stereocenters. The number of hydrogen-bond donors (Lipinski definition) is 2. The maximum Gasteiger partial charge on any atom is 0.317 e. The fourth-order valence-corrected chi connectivity index (χ4v) is 3.04. The van der Waals surface area contributed by atoms with Gasteiger partial charge in [0.25, 0.3) is 0 Å². The third-order valence-corrected chi connectivity index (χ3v) is 4.98. The van der Waals surface area contributed by atoms with Crippen LogP contribution in [-0.4, -0.2) is 53.7 Å². The first kappa shape index (κ1) is 19.7. The molecule has 2 rings (SSSR count). The van der Waals surface area contributed by atoms with Gasteiger partial charge in [-0.1, -0.05) is 31.2 Å². The number of amides is 2. The van der Waals surface area contributed by atoms with Gasteiger partial charge in [0.05, 0.1) is 6.10 Å². The summed E-state index contributed by atoms with van der Waals surface area (Å²) >= 11 is 0. The maximum atomic E-state index is 12.0. The van der Waals surface area contributed by atoms with Gasteiger partial charge < -0.3 is 15.3 Å². The van der Waals surface area contributed by atoms with Gasteiger partial charge in [-0.25, -0.2) is 4.79 Å². The van der Waals surface area contributed by atoms with E-state index < -0.39 is 0 Å². The van der Waals surface area contributed by atoms with Crippen molar-refractivity contribution < 1.29 is 9.90 Å². The van der Waals surface area contributed by atoms with Crippen molar-refractivity contribution in [1.29, 1.82) is 0 Å². The molecule has 1 fully saturated rings. The van der Waals surface area contributed by atoms with E-state index in [9.17, 15) is 9.90 Å². The summed E-state index contributed by atoms with van der Waals surface area (Å²) in [5, 5.41) is 12.2. The van der Waals surface area contributed by atoms with Gasteiger partial charge in [-0.15, -0.1) is 0 Å². The average molecular weight is 348 g/mol. The Balaban J connectivity index is 1.73. The molecule has 0 aliphatic carbocycles. The number of carbonyl (C=O) groups is 1. The van der Waals surface area contributed by atoms with E-state index in [1.807, 2.05) is 0 Å². The first-order valence-corrected chi connectivity index (χ1v) is 9.41. The van der Waals surface area contributed by atoms with Crippen molar-refractivity contribution in [2.24, 2.45) is 5.92 Å². The van der Waals surface area contributed by atoms with Gasteiger partial charge in [0.2, 0.25) is 0 Å². The number of nitrogens with zero attached hydrogens (tertiary/aromatic N) is 2. The van der Waals surface area contributed by atoms with Gasteiger partial charge in [0, 0.05) is 26.7 Å².